The maximum atomic E-state index is 11.8. The Morgan fingerprint density at radius 3 is 2.72 bits per heavy atom. The molecule has 1 aliphatic heterocycles. The zero-order valence-electron chi connectivity index (χ0n) is 10.6. The lowest BCUT2D eigenvalue weighted by Gasteiger charge is -2.24. The molecule has 18 heavy (non-hydrogen) atoms. The van der Waals surface area contributed by atoms with Crippen LogP contribution in [0.2, 0.25) is 0 Å². The van der Waals surface area contributed by atoms with Crippen molar-refractivity contribution >= 4 is 17.3 Å². The fraction of sp³-hybridized carbons (Fsp3) is 0.357. The number of benzene rings is 1. The quantitative estimate of drug-likeness (QED) is 0.631. The monoisotopic (exact) mass is 245 g/mol. The highest BCUT2D eigenvalue weighted by Crippen LogP contribution is 2.12. The molecule has 4 heteroatoms. The number of nitrogens with zero attached hydrogens (tertiary/aromatic N) is 1. The standard InChI is InChI=1S/C14H19N3O/c1-11-6-8-17(9-7-11)10-14(18)16-13-4-2-12(15)3-5-13/h2-6H,7-10,15H2,1H3,(H,16,18). The first-order valence-electron chi connectivity index (χ1n) is 6.17. The largest absolute Gasteiger partial charge is 0.399 e. The minimum Gasteiger partial charge on any atom is -0.399 e. The summed E-state index contributed by atoms with van der Waals surface area (Å²) in [6.45, 7) is 4.39. The van der Waals surface area contributed by atoms with E-state index in [2.05, 4.69) is 23.2 Å². The number of nitrogen functional groups attached to an aromatic ring is 1. The zero-order valence-corrected chi connectivity index (χ0v) is 10.6. The van der Waals surface area contributed by atoms with E-state index in [4.69, 9.17) is 5.73 Å². The Hall–Kier alpha value is -1.81. The van der Waals surface area contributed by atoms with Gasteiger partial charge >= 0.3 is 0 Å². The van der Waals surface area contributed by atoms with Crippen molar-refractivity contribution in [3.63, 3.8) is 0 Å². The lowest BCUT2D eigenvalue weighted by Crippen LogP contribution is -2.36. The van der Waals surface area contributed by atoms with Crippen molar-refractivity contribution in [3.8, 4) is 0 Å². The van der Waals surface area contributed by atoms with E-state index in [0.29, 0.717) is 12.2 Å². The minimum absolute atomic E-state index is 0.0210. The number of nitrogens with two attached hydrogens (primary N) is 1. The van der Waals surface area contributed by atoms with Crippen LogP contribution in [0.3, 0.4) is 0 Å². The van der Waals surface area contributed by atoms with Gasteiger partial charge in [0.05, 0.1) is 6.54 Å². The van der Waals surface area contributed by atoms with E-state index in [1.54, 1.807) is 12.1 Å². The lowest BCUT2D eigenvalue weighted by molar-refractivity contribution is -0.117. The molecule has 0 fully saturated rings. The predicted octanol–water partition coefficient (Wildman–Crippen LogP) is 1.86. The highest BCUT2D eigenvalue weighted by molar-refractivity contribution is 5.92. The summed E-state index contributed by atoms with van der Waals surface area (Å²) in [5, 5.41) is 2.87. The van der Waals surface area contributed by atoms with Crippen molar-refractivity contribution < 1.29 is 4.79 Å². The minimum atomic E-state index is 0.0210. The normalized spacial score (nSPS) is 16.2. The first-order chi connectivity index (χ1) is 8.63. The Morgan fingerprint density at radius 2 is 2.11 bits per heavy atom. The number of rotatable bonds is 3. The van der Waals surface area contributed by atoms with Crippen LogP contribution >= 0.6 is 0 Å². The number of hydrogen-bond acceptors (Lipinski definition) is 3. The molecule has 1 aromatic rings. The van der Waals surface area contributed by atoms with Gasteiger partial charge in [-0.15, -0.1) is 0 Å². The van der Waals surface area contributed by atoms with E-state index >= 15 is 0 Å². The molecular formula is C14H19N3O. The van der Waals surface area contributed by atoms with Gasteiger partial charge in [-0.05, 0) is 37.6 Å². The van der Waals surface area contributed by atoms with Crippen LogP contribution < -0.4 is 11.1 Å². The SMILES string of the molecule is CC1=CCN(CC(=O)Nc2ccc(N)cc2)CC1. The summed E-state index contributed by atoms with van der Waals surface area (Å²) in [6.07, 6.45) is 3.23. The first kappa shape index (κ1) is 12.6. The number of amides is 1. The summed E-state index contributed by atoms with van der Waals surface area (Å²) in [6, 6.07) is 7.19. The van der Waals surface area contributed by atoms with Crippen molar-refractivity contribution in [1.29, 1.82) is 0 Å². The third-order valence-corrected chi connectivity index (χ3v) is 3.08. The molecule has 0 aliphatic carbocycles. The van der Waals surface area contributed by atoms with Gasteiger partial charge in [0, 0.05) is 24.5 Å². The van der Waals surface area contributed by atoms with E-state index in [1.807, 2.05) is 12.1 Å². The van der Waals surface area contributed by atoms with Gasteiger partial charge in [0.2, 0.25) is 5.91 Å². The van der Waals surface area contributed by atoms with Crippen LogP contribution in [0.4, 0.5) is 11.4 Å². The number of carbonyl (C=O) groups excluding carboxylic acids is 1. The van der Waals surface area contributed by atoms with E-state index < -0.39 is 0 Å². The van der Waals surface area contributed by atoms with Crippen LogP contribution in [-0.4, -0.2) is 30.4 Å². The summed E-state index contributed by atoms with van der Waals surface area (Å²) < 4.78 is 0. The van der Waals surface area contributed by atoms with Gasteiger partial charge < -0.3 is 11.1 Å². The second-order valence-electron chi connectivity index (χ2n) is 4.71. The summed E-state index contributed by atoms with van der Waals surface area (Å²) in [5.74, 6) is 0.0210. The lowest BCUT2D eigenvalue weighted by atomic mass is 10.1. The second kappa shape index (κ2) is 5.69. The molecule has 0 saturated heterocycles. The Labute approximate surface area is 107 Å². The van der Waals surface area contributed by atoms with E-state index in [-0.39, 0.29) is 5.91 Å². The molecule has 0 unspecified atom stereocenters. The highest BCUT2D eigenvalue weighted by Gasteiger charge is 2.13. The summed E-state index contributed by atoms with van der Waals surface area (Å²) in [7, 11) is 0. The van der Waals surface area contributed by atoms with Crippen LogP contribution in [0.1, 0.15) is 13.3 Å². The molecular weight excluding hydrogens is 226 g/mol. The average molecular weight is 245 g/mol. The van der Waals surface area contributed by atoms with Gasteiger partial charge in [-0.3, -0.25) is 9.69 Å². The molecule has 2 rings (SSSR count). The van der Waals surface area contributed by atoms with E-state index in [1.165, 1.54) is 5.57 Å². The first-order valence-corrected chi connectivity index (χ1v) is 6.17. The van der Waals surface area contributed by atoms with Gasteiger partial charge in [0.15, 0.2) is 0 Å². The molecule has 0 aromatic heterocycles. The maximum absolute atomic E-state index is 11.8. The molecule has 3 N–H and O–H groups in total. The Kier molecular flexibility index (Phi) is 3.99. The molecule has 1 heterocycles. The van der Waals surface area contributed by atoms with Crippen LogP contribution in [-0.2, 0) is 4.79 Å². The Balaban J connectivity index is 1.84. The third-order valence-electron chi connectivity index (χ3n) is 3.08. The molecule has 96 valence electrons. The molecule has 0 bridgehead atoms. The van der Waals surface area contributed by atoms with Crippen LogP contribution in [0.5, 0.6) is 0 Å². The van der Waals surface area contributed by atoms with E-state index in [0.717, 1.165) is 25.2 Å². The number of carbonyl (C=O) groups is 1. The summed E-state index contributed by atoms with van der Waals surface area (Å²) in [4.78, 5) is 14.0. The van der Waals surface area contributed by atoms with Crippen molar-refractivity contribution in [2.24, 2.45) is 0 Å². The Bertz CT molecular complexity index is 451. The number of nitrogens with one attached hydrogen (secondary N) is 1. The molecule has 0 radical (unpaired) electrons. The zero-order chi connectivity index (χ0) is 13.0. The maximum Gasteiger partial charge on any atom is 0.238 e. The highest BCUT2D eigenvalue weighted by atomic mass is 16.2. The third kappa shape index (κ3) is 3.60. The van der Waals surface area contributed by atoms with Crippen LogP contribution in [0, 0.1) is 0 Å². The molecule has 0 atom stereocenters. The van der Waals surface area contributed by atoms with Gasteiger partial charge in [0.1, 0.15) is 0 Å². The molecule has 0 spiro atoms. The van der Waals surface area contributed by atoms with Crippen molar-refractivity contribution in [2.75, 3.05) is 30.7 Å². The molecule has 1 amide bonds. The molecule has 1 aliphatic rings. The van der Waals surface area contributed by atoms with Gasteiger partial charge in [-0.25, -0.2) is 0 Å². The smallest absolute Gasteiger partial charge is 0.238 e. The number of anilines is 2. The molecule has 0 saturated carbocycles. The molecule has 1 aromatic carbocycles. The Morgan fingerprint density at radius 1 is 1.39 bits per heavy atom. The van der Waals surface area contributed by atoms with Crippen LogP contribution in [0.25, 0.3) is 0 Å². The van der Waals surface area contributed by atoms with Crippen molar-refractivity contribution in [1.82, 2.24) is 4.90 Å². The van der Waals surface area contributed by atoms with E-state index in [9.17, 15) is 4.79 Å². The van der Waals surface area contributed by atoms with Gasteiger partial charge in [-0.1, -0.05) is 11.6 Å². The van der Waals surface area contributed by atoms with Gasteiger partial charge in [-0.2, -0.15) is 0 Å². The van der Waals surface area contributed by atoms with Gasteiger partial charge in [0.25, 0.3) is 0 Å². The summed E-state index contributed by atoms with van der Waals surface area (Å²) in [5.41, 5.74) is 8.49. The average Bonchev–Trinajstić information content (AvgIpc) is 2.35. The number of hydrogen-bond donors (Lipinski definition) is 2. The second-order valence-corrected chi connectivity index (χ2v) is 4.71. The topological polar surface area (TPSA) is 58.4 Å². The summed E-state index contributed by atoms with van der Waals surface area (Å²) >= 11 is 0. The van der Waals surface area contributed by atoms with Crippen molar-refractivity contribution in [2.45, 2.75) is 13.3 Å². The fourth-order valence-corrected chi connectivity index (χ4v) is 1.93. The van der Waals surface area contributed by atoms with Crippen molar-refractivity contribution in [3.05, 3.63) is 35.9 Å². The molecule has 4 nitrogen and oxygen atoms in total. The fourth-order valence-electron chi connectivity index (χ4n) is 1.93. The van der Waals surface area contributed by atoms with Crippen LogP contribution in [0.15, 0.2) is 35.9 Å². The predicted molar refractivity (Wildman–Crippen MR) is 74.3 cm³/mol.